The molecule has 0 aliphatic carbocycles. The molecule has 0 spiro atoms. The van der Waals surface area contributed by atoms with E-state index in [0.29, 0.717) is 6.42 Å². The third-order valence-corrected chi connectivity index (χ3v) is 12.4. The third-order valence-electron chi connectivity index (χ3n) is 7.69. The van der Waals surface area contributed by atoms with Crippen molar-refractivity contribution < 1.29 is 9.59 Å². The number of carbonyl (C=O) groups is 2. The largest absolute Gasteiger partial charge is 0.327 e. The monoisotopic (exact) mass is 538 g/mol. The van der Waals surface area contributed by atoms with Crippen LogP contribution < -0.4 is 15.6 Å². The van der Waals surface area contributed by atoms with E-state index in [9.17, 15) is 9.59 Å². The Labute approximate surface area is 236 Å². The van der Waals surface area contributed by atoms with Gasteiger partial charge in [0.1, 0.15) is 6.04 Å². The Morgan fingerprint density at radius 1 is 0.500 bits per heavy atom. The van der Waals surface area contributed by atoms with Crippen molar-refractivity contribution in [1.82, 2.24) is 9.47 Å². The molecule has 1 unspecified atom stereocenters. The molecule has 3 amide bonds. The molecule has 0 N–H and O–H groups in total. The number of amides is 3. The highest BCUT2D eigenvalue weighted by Crippen LogP contribution is 2.29. The van der Waals surface area contributed by atoms with E-state index in [1.807, 2.05) is 120 Å². The van der Waals surface area contributed by atoms with Crippen LogP contribution in [0.2, 0.25) is 0 Å². The first-order valence-corrected chi connectivity index (χ1v) is 15.5. The van der Waals surface area contributed by atoms with Crippen molar-refractivity contribution >= 4 is 35.7 Å². The topological polar surface area (TPSA) is 40.6 Å². The van der Waals surface area contributed by atoms with Crippen LogP contribution in [0, 0.1) is 0 Å². The second kappa shape index (κ2) is 11.2. The molecule has 1 aliphatic heterocycles. The smallest absolute Gasteiger partial charge is 0.320 e. The summed E-state index contributed by atoms with van der Waals surface area (Å²) in [5.74, 6) is -0.155. The molecule has 1 atom stereocenters. The summed E-state index contributed by atoms with van der Waals surface area (Å²) >= 11 is 0. The van der Waals surface area contributed by atoms with E-state index < -0.39 is 14.3 Å². The fraction of sp³-hybridized carbons (Fsp3) is 0.0857. The van der Waals surface area contributed by atoms with Gasteiger partial charge in [0.25, 0.3) is 14.1 Å². The second-order valence-corrected chi connectivity index (χ2v) is 13.7. The summed E-state index contributed by atoms with van der Waals surface area (Å²) in [6, 6.07) is 49.7. The standard InChI is InChI=1S/C35H30N2O2Si/c38-34-33(26-28-16-6-1-7-17-28)37(35(39)36(34)27-29-18-8-2-9-19-29)40(30-20-10-3-11-21-30,31-22-12-4-13-23-31)32-24-14-5-15-25-32/h1-25,33H,26-27H2. The number of urea groups is 1. The second-order valence-electron chi connectivity index (χ2n) is 10.1. The summed E-state index contributed by atoms with van der Waals surface area (Å²) in [5.41, 5.74) is 1.95. The number of imide groups is 1. The normalized spacial score (nSPS) is 15.4. The fourth-order valence-electron chi connectivity index (χ4n) is 5.91. The van der Waals surface area contributed by atoms with Crippen LogP contribution in [0.5, 0.6) is 0 Å². The van der Waals surface area contributed by atoms with Crippen LogP contribution in [0.4, 0.5) is 4.79 Å². The molecular formula is C35H30N2O2Si. The third kappa shape index (κ3) is 4.54. The Bertz CT molecular complexity index is 1480. The van der Waals surface area contributed by atoms with Gasteiger partial charge in [-0.25, -0.2) is 4.79 Å². The first kappa shape index (κ1) is 25.5. The quantitative estimate of drug-likeness (QED) is 0.163. The summed E-state index contributed by atoms with van der Waals surface area (Å²) in [6.45, 7) is 0.239. The molecule has 5 aromatic carbocycles. The van der Waals surface area contributed by atoms with E-state index in [-0.39, 0.29) is 18.5 Å². The molecule has 5 heteroatoms. The van der Waals surface area contributed by atoms with Gasteiger partial charge in [0.05, 0.1) is 6.54 Å². The molecule has 5 aromatic rings. The van der Waals surface area contributed by atoms with Crippen LogP contribution in [0.1, 0.15) is 11.1 Å². The van der Waals surface area contributed by atoms with Gasteiger partial charge in [-0.05, 0) is 26.7 Å². The van der Waals surface area contributed by atoms with Gasteiger partial charge >= 0.3 is 6.03 Å². The predicted molar refractivity (Wildman–Crippen MR) is 162 cm³/mol. The number of nitrogens with zero attached hydrogens (tertiary/aromatic N) is 2. The zero-order chi connectivity index (χ0) is 27.4. The molecule has 0 aromatic heterocycles. The average molecular weight is 539 g/mol. The summed E-state index contributed by atoms with van der Waals surface area (Å²) in [7, 11) is -3.25. The Hall–Kier alpha value is -4.74. The molecule has 40 heavy (non-hydrogen) atoms. The summed E-state index contributed by atoms with van der Waals surface area (Å²) in [4.78, 5) is 30.6. The lowest BCUT2D eigenvalue weighted by Crippen LogP contribution is -2.79. The molecule has 196 valence electrons. The minimum atomic E-state index is -3.25. The average Bonchev–Trinajstić information content (AvgIpc) is 3.25. The van der Waals surface area contributed by atoms with Gasteiger partial charge in [-0.2, -0.15) is 0 Å². The highest BCUT2D eigenvalue weighted by atomic mass is 28.3. The van der Waals surface area contributed by atoms with Gasteiger partial charge < -0.3 is 4.57 Å². The lowest BCUT2D eigenvalue weighted by atomic mass is 10.1. The van der Waals surface area contributed by atoms with Gasteiger partial charge in [-0.1, -0.05) is 152 Å². The number of hydrogen-bond acceptors (Lipinski definition) is 2. The van der Waals surface area contributed by atoms with Crippen LogP contribution in [0.3, 0.4) is 0 Å². The summed E-state index contributed by atoms with van der Waals surface area (Å²) in [6.07, 6.45) is 0.442. The minimum Gasteiger partial charge on any atom is -0.327 e. The Morgan fingerprint density at radius 3 is 1.30 bits per heavy atom. The Kier molecular flexibility index (Phi) is 7.13. The number of benzene rings is 5. The molecule has 6 rings (SSSR count). The van der Waals surface area contributed by atoms with Crippen molar-refractivity contribution in [2.75, 3.05) is 0 Å². The van der Waals surface area contributed by atoms with Gasteiger partial charge in [-0.3, -0.25) is 9.69 Å². The van der Waals surface area contributed by atoms with E-state index in [2.05, 4.69) is 36.4 Å². The van der Waals surface area contributed by atoms with Gasteiger partial charge in [0.2, 0.25) is 0 Å². The summed E-state index contributed by atoms with van der Waals surface area (Å²) < 4.78 is 1.98. The van der Waals surface area contributed by atoms with E-state index in [1.165, 1.54) is 4.90 Å². The zero-order valence-electron chi connectivity index (χ0n) is 22.1. The zero-order valence-corrected chi connectivity index (χ0v) is 23.1. The van der Waals surface area contributed by atoms with Crippen LogP contribution in [0.25, 0.3) is 0 Å². The SMILES string of the molecule is O=C1C(Cc2ccccc2)N([Si](c2ccccc2)(c2ccccc2)c2ccccc2)C(=O)N1Cc1ccccc1. The van der Waals surface area contributed by atoms with Crippen molar-refractivity contribution in [2.24, 2.45) is 0 Å². The molecule has 1 saturated heterocycles. The molecule has 0 saturated carbocycles. The molecule has 1 aliphatic rings. The number of carbonyl (C=O) groups excluding carboxylic acids is 2. The van der Waals surface area contributed by atoms with Gasteiger partial charge in [-0.15, -0.1) is 0 Å². The molecule has 0 radical (unpaired) electrons. The maximum atomic E-state index is 14.8. The van der Waals surface area contributed by atoms with Crippen LogP contribution >= 0.6 is 0 Å². The van der Waals surface area contributed by atoms with E-state index >= 15 is 0 Å². The molecule has 1 heterocycles. The van der Waals surface area contributed by atoms with Crippen molar-refractivity contribution in [1.29, 1.82) is 0 Å². The summed E-state index contributed by atoms with van der Waals surface area (Å²) in [5, 5.41) is 3.19. The Balaban J connectivity index is 1.61. The van der Waals surface area contributed by atoms with Gasteiger partial charge in [0.15, 0.2) is 0 Å². The van der Waals surface area contributed by atoms with Crippen molar-refractivity contribution in [3.63, 3.8) is 0 Å². The number of hydrogen-bond donors (Lipinski definition) is 0. The Morgan fingerprint density at radius 2 is 0.875 bits per heavy atom. The maximum Gasteiger partial charge on any atom is 0.320 e. The molecular weight excluding hydrogens is 508 g/mol. The van der Waals surface area contributed by atoms with Crippen molar-refractivity contribution in [3.8, 4) is 0 Å². The molecule has 0 bridgehead atoms. The lowest BCUT2D eigenvalue weighted by molar-refractivity contribution is -0.128. The van der Waals surface area contributed by atoms with Crippen LogP contribution in [0.15, 0.2) is 152 Å². The van der Waals surface area contributed by atoms with Crippen LogP contribution in [-0.4, -0.2) is 35.7 Å². The van der Waals surface area contributed by atoms with Gasteiger partial charge in [0, 0.05) is 6.42 Å². The van der Waals surface area contributed by atoms with Crippen LogP contribution in [-0.2, 0) is 17.8 Å². The van der Waals surface area contributed by atoms with Crippen molar-refractivity contribution in [3.05, 3.63) is 163 Å². The molecule has 1 fully saturated rings. The highest BCUT2D eigenvalue weighted by Gasteiger charge is 2.58. The highest BCUT2D eigenvalue weighted by molar-refractivity contribution is 7.10. The first-order valence-electron chi connectivity index (χ1n) is 13.6. The van der Waals surface area contributed by atoms with E-state index in [4.69, 9.17) is 0 Å². The molecule has 4 nitrogen and oxygen atoms in total. The van der Waals surface area contributed by atoms with E-state index in [0.717, 1.165) is 26.7 Å². The minimum absolute atomic E-state index is 0.155. The lowest BCUT2D eigenvalue weighted by Gasteiger charge is -2.43. The number of rotatable bonds is 8. The fourth-order valence-corrected chi connectivity index (χ4v) is 10.8. The van der Waals surface area contributed by atoms with Crippen molar-refractivity contribution in [2.45, 2.75) is 19.0 Å². The predicted octanol–water partition coefficient (Wildman–Crippen LogP) is 4.73. The maximum absolute atomic E-state index is 14.8. The first-order chi connectivity index (χ1) is 19.7. The van der Waals surface area contributed by atoms with E-state index in [1.54, 1.807) is 0 Å².